The second-order valence-electron chi connectivity index (χ2n) is 6.82. The van der Waals surface area contributed by atoms with Crippen molar-refractivity contribution in [2.75, 3.05) is 36.4 Å². The van der Waals surface area contributed by atoms with Crippen LogP contribution in [0.15, 0.2) is 30.3 Å². The van der Waals surface area contributed by atoms with Gasteiger partial charge in [-0.15, -0.1) is 0 Å². The summed E-state index contributed by atoms with van der Waals surface area (Å²) in [4.78, 5) is 14.1. The summed E-state index contributed by atoms with van der Waals surface area (Å²) in [5.41, 5.74) is 0.475. The van der Waals surface area contributed by atoms with Crippen LogP contribution in [0.5, 0.6) is 0 Å². The number of likely N-dealkylation sites (tertiary alicyclic amines) is 1. The van der Waals surface area contributed by atoms with Gasteiger partial charge in [0.25, 0.3) is 0 Å². The number of anilines is 1. The minimum absolute atomic E-state index is 0.00813. The first-order chi connectivity index (χ1) is 13.2. The number of nitrogens with zero attached hydrogens (tertiary/aromatic N) is 1. The molecule has 2 amide bonds. The van der Waals surface area contributed by atoms with Crippen LogP contribution in [-0.4, -0.2) is 65.5 Å². The Morgan fingerprint density at radius 2 is 1.82 bits per heavy atom. The molecule has 2 rings (SSSR count). The van der Waals surface area contributed by atoms with Gasteiger partial charge in [0.1, 0.15) is 0 Å². The SMILES string of the molecule is CS(=O)(=O)NCC[C@@H]1CCCCN1C(=O)NCCS(=O)(=O)Nc1ccccc1. The molecule has 1 saturated heterocycles. The Morgan fingerprint density at radius 3 is 2.50 bits per heavy atom. The molecule has 9 nitrogen and oxygen atoms in total. The Kier molecular flexibility index (Phi) is 8.08. The number of amides is 2. The molecule has 28 heavy (non-hydrogen) atoms. The van der Waals surface area contributed by atoms with Gasteiger partial charge in [-0.05, 0) is 37.8 Å². The van der Waals surface area contributed by atoms with Crippen molar-refractivity contribution in [3.05, 3.63) is 30.3 Å². The van der Waals surface area contributed by atoms with Crippen molar-refractivity contribution in [3.63, 3.8) is 0 Å². The molecule has 1 fully saturated rings. The summed E-state index contributed by atoms with van der Waals surface area (Å²) >= 11 is 0. The third-order valence-electron chi connectivity index (χ3n) is 4.42. The van der Waals surface area contributed by atoms with Crippen LogP contribution < -0.4 is 14.8 Å². The number of carbonyl (C=O) groups is 1. The second-order valence-corrected chi connectivity index (χ2v) is 10.5. The van der Waals surface area contributed by atoms with Crippen molar-refractivity contribution >= 4 is 31.8 Å². The summed E-state index contributed by atoms with van der Waals surface area (Å²) < 4.78 is 51.5. The predicted molar refractivity (Wildman–Crippen MR) is 109 cm³/mol. The molecule has 0 spiro atoms. The van der Waals surface area contributed by atoms with E-state index >= 15 is 0 Å². The fourth-order valence-corrected chi connectivity index (χ4v) is 4.57. The molecule has 0 unspecified atom stereocenters. The first-order valence-electron chi connectivity index (χ1n) is 9.21. The number of para-hydroxylation sites is 1. The van der Waals surface area contributed by atoms with Crippen molar-refractivity contribution in [3.8, 4) is 0 Å². The van der Waals surface area contributed by atoms with Crippen molar-refractivity contribution < 1.29 is 21.6 Å². The maximum Gasteiger partial charge on any atom is 0.317 e. The molecular formula is C17H28N4O5S2. The summed E-state index contributed by atoms with van der Waals surface area (Å²) in [6.45, 7) is 0.832. The fraction of sp³-hybridized carbons (Fsp3) is 0.588. The van der Waals surface area contributed by atoms with Gasteiger partial charge in [-0.1, -0.05) is 18.2 Å². The quantitative estimate of drug-likeness (QED) is 0.535. The largest absolute Gasteiger partial charge is 0.337 e. The van der Waals surface area contributed by atoms with E-state index < -0.39 is 20.0 Å². The van der Waals surface area contributed by atoms with E-state index in [1.54, 1.807) is 35.2 Å². The number of sulfonamides is 2. The number of benzene rings is 1. The van der Waals surface area contributed by atoms with Crippen molar-refractivity contribution in [2.45, 2.75) is 31.7 Å². The van der Waals surface area contributed by atoms with Gasteiger partial charge in [-0.2, -0.15) is 0 Å². The monoisotopic (exact) mass is 432 g/mol. The van der Waals surface area contributed by atoms with Crippen molar-refractivity contribution in [1.82, 2.24) is 14.9 Å². The average Bonchev–Trinajstić information content (AvgIpc) is 2.61. The highest BCUT2D eigenvalue weighted by molar-refractivity contribution is 7.92. The van der Waals surface area contributed by atoms with Crippen LogP contribution in [0.2, 0.25) is 0 Å². The van der Waals surface area contributed by atoms with E-state index in [2.05, 4.69) is 14.8 Å². The summed E-state index contributed by atoms with van der Waals surface area (Å²) in [6.07, 6.45) is 4.27. The Morgan fingerprint density at radius 1 is 1.11 bits per heavy atom. The van der Waals surface area contributed by atoms with Gasteiger partial charge in [-0.3, -0.25) is 4.72 Å². The second kappa shape index (κ2) is 10.1. The molecule has 11 heteroatoms. The van der Waals surface area contributed by atoms with Crippen LogP contribution in [0.3, 0.4) is 0 Å². The maximum absolute atomic E-state index is 12.5. The Balaban J connectivity index is 1.81. The number of hydrogen-bond acceptors (Lipinski definition) is 5. The summed E-state index contributed by atoms with van der Waals surface area (Å²) in [7, 11) is -6.83. The lowest BCUT2D eigenvalue weighted by Gasteiger charge is -2.35. The molecule has 1 atom stereocenters. The number of nitrogens with one attached hydrogen (secondary N) is 3. The average molecular weight is 433 g/mol. The molecule has 0 radical (unpaired) electrons. The summed E-state index contributed by atoms with van der Waals surface area (Å²) in [5.74, 6) is -0.234. The third-order valence-corrected chi connectivity index (χ3v) is 6.44. The lowest BCUT2D eigenvalue weighted by Crippen LogP contribution is -2.50. The van der Waals surface area contributed by atoms with Gasteiger partial charge in [0.15, 0.2) is 0 Å². The number of rotatable bonds is 9. The van der Waals surface area contributed by atoms with Gasteiger partial charge < -0.3 is 10.2 Å². The number of piperidine rings is 1. The zero-order valence-corrected chi connectivity index (χ0v) is 17.6. The Bertz CT molecular complexity index is 844. The van der Waals surface area contributed by atoms with Gasteiger partial charge >= 0.3 is 6.03 Å². The molecule has 3 N–H and O–H groups in total. The van der Waals surface area contributed by atoms with Crippen LogP contribution in [-0.2, 0) is 20.0 Å². The molecule has 0 saturated carbocycles. The number of carbonyl (C=O) groups excluding carboxylic acids is 1. The zero-order chi connectivity index (χ0) is 20.6. The summed E-state index contributed by atoms with van der Waals surface area (Å²) in [5, 5.41) is 2.66. The number of urea groups is 1. The van der Waals surface area contributed by atoms with E-state index in [9.17, 15) is 21.6 Å². The first-order valence-corrected chi connectivity index (χ1v) is 12.8. The van der Waals surface area contributed by atoms with E-state index in [1.807, 2.05) is 0 Å². The molecular weight excluding hydrogens is 404 g/mol. The topological polar surface area (TPSA) is 125 Å². The molecule has 1 aromatic rings. The minimum atomic E-state index is -3.57. The summed E-state index contributed by atoms with van der Waals surface area (Å²) in [6, 6.07) is 8.17. The molecule has 0 bridgehead atoms. The van der Waals surface area contributed by atoms with E-state index in [0.717, 1.165) is 25.5 Å². The smallest absolute Gasteiger partial charge is 0.317 e. The highest BCUT2D eigenvalue weighted by Crippen LogP contribution is 2.19. The fourth-order valence-electron chi connectivity index (χ4n) is 3.11. The zero-order valence-electron chi connectivity index (χ0n) is 15.9. The predicted octanol–water partition coefficient (Wildman–Crippen LogP) is 0.932. The molecule has 1 heterocycles. The normalized spacial score (nSPS) is 17.9. The Hall–Kier alpha value is -1.85. The van der Waals surface area contributed by atoms with E-state index in [-0.39, 0.29) is 30.9 Å². The van der Waals surface area contributed by atoms with Crippen LogP contribution in [0, 0.1) is 0 Å². The van der Waals surface area contributed by atoms with E-state index in [4.69, 9.17) is 0 Å². The molecule has 1 aliphatic rings. The standard InChI is InChI=1S/C17H28N4O5S2/c1-27(23,24)19-11-10-16-9-5-6-13-21(16)17(22)18-12-14-28(25,26)20-15-7-3-2-4-8-15/h2-4,7-8,16,19-20H,5-6,9-14H2,1H3,(H,18,22)/t16-/m0/s1. The first kappa shape index (κ1) is 22.4. The lowest BCUT2D eigenvalue weighted by atomic mass is 10.00. The van der Waals surface area contributed by atoms with Gasteiger partial charge in [0, 0.05) is 31.4 Å². The van der Waals surface area contributed by atoms with Crippen molar-refractivity contribution in [2.24, 2.45) is 0 Å². The number of hydrogen-bond donors (Lipinski definition) is 3. The molecule has 1 aliphatic heterocycles. The van der Waals surface area contributed by atoms with Crippen LogP contribution in [0.1, 0.15) is 25.7 Å². The molecule has 0 aliphatic carbocycles. The van der Waals surface area contributed by atoms with Crippen LogP contribution >= 0.6 is 0 Å². The molecule has 0 aromatic heterocycles. The van der Waals surface area contributed by atoms with Gasteiger partial charge in [-0.25, -0.2) is 26.4 Å². The third kappa shape index (κ3) is 8.03. The van der Waals surface area contributed by atoms with Crippen LogP contribution in [0.25, 0.3) is 0 Å². The lowest BCUT2D eigenvalue weighted by molar-refractivity contribution is 0.147. The Labute approximate surface area is 167 Å². The highest BCUT2D eigenvalue weighted by atomic mass is 32.2. The highest BCUT2D eigenvalue weighted by Gasteiger charge is 2.26. The van der Waals surface area contributed by atoms with Gasteiger partial charge in [0.2, 0.25) is 20.0 Å². The van der Waals surface area contributed by atoms with E-state index in [1.165, 1.54) is 0 Å². The molecule has 1 aromatic carbocycles. The van der Waals surface area contributed by atoms with Crippen molar-refractivity contribution in [1.29, 1.82) is 0 Å². The van der Waals surface area contributed by atoms with Crippen LogP contribution in [0.4, 0.5) is 10.5 Å². The maximum atomic E-state index is 12.5. The van der Waals surface area contributed by atoms with E-state index in [0.29, 0.717) is 18.7 Å². The molecule has 158 valence electrons. The van der Waals surface area contributed by atoms with Gasteiger partial charge in [0.05, 0.1) is 12.0 Å². The minimum Gasteiger partial charge on any atom is -0.337 e.